The first-order valence-electron chi connectivity index (χ1n) is 11.2. The lowest BCUT2D eigenvalue weighted by molar-refractivity contribution is -0.119. The Hall–Kier alpha value is -4.20. The van der Waals surface area contributed by atoms with Crippen LogP contribution in [-0.2, 0) is 9.53 Å². The molecule has 0 bridgehead atoms. The zero-order chi connectivity index (χ0) is 25.1. The molecule has 0 saturated carbocycles. The van der Waals surface area contributed by atoms with Crippen LogP contribution in [0.2, 0.25) is 0 Å². The molecular weight excluding hydrogens is 451 g/mol. The number of carbonyl (C=O) groups is 3. The number of benzene rings is 3. The molecule has 3 N–H and O–H groups in total. The molecule has 180 valence electrons. The minimum Gasteiger partial charge on any atom is -0.478 e. The summed E-state index contributed by atoms with van der Waals surface area (Å²) >= 11 is 0. The van der Waals surface area contributed by atoms with Crippen molar-refractivity contribution >= 4 is 23.7 Å². The summed E-state index contributed by atoms with van der Waals surface area (Å²) in [5.74, 6) is -3.22. The van der Waals surface area contributed by atoms with E-state index in [0.29, 0.717) is 0 Å². The molecule has 0 unspecified atom stereocenters. The molecule has 0 aromatic heterocycles. The minimum atomic E-state index is -1.38. The highest BCUT2D eigenvalue weighted by Gasteiger charge is 2.30. The number of fused-ring (bicyclic) bond motifs is 3. The fourth-order valence-electron chi connectivity index (χ4n) is 4.31. The average molecular weight is 477 g/mol. The van der Waals surface area contributed by atoms with Crippen molar-refractivity contribution < 1.29 is 28.6 Å². The lowest BCUT2D eigenvalue weighted by Crippen LogP contribution is -2.47. The van der Waals surface area contributed by atoms with E-state index in [4.69, 9.17) is 4.74 Å². The van der Waals surface area contributed by atoms with Gasteiger partial charge in [0.25, 0.3) is 0 Å². The number of carboxylic acid groups (broad SMARTS) is 1. The third kappa shape index (κ3) is 5.01. The Morgan fingerprint density at radius 1 is 0.971 bits per heavy atom. The van der Waals surface area contributed by atoms with E-state index >= 15 is 0 Å². The van der Waals surface area contributed by atoms with Gasteiger partial charge in [0.05, 0.1) is 11.3 Å². The van der Waals surface area contributed by atoms with Crippen LogP contribution >= 0.6 is 0 Å². The summed E-state index contributed by atoms with van der Waals surface area (Å²) in [5, 5.41) is 14.3. The van der Waals surface area contributed by atoms with Gasteiger partial charge in [0.1, 0.15) is 18.5 Å². The van der Waals surface area contributed by atoms with Gasteiger partial charge in [-0.25, -0.2) is 14.0 Å². The van der Waals surface area contributed by atoms with E-state index in [9.17, 15) is 23.9 Å². The van der Waals surface area contributed by atoms with Crippen molar-refractivity contribution in [1.82, 2.24) is 5.32 Å². The molecular formula is C27H25FN2O5. The number of amides is 2. The van der Waals surface area contributed by atoms with Crippen LogP contribution in [0.1, 0.15) is 41.3 Å². The molecule has 7 nitrogen and oxygen atoms in total. The fraction of sp³-hybridized carbons (Fsp3) is 0.222. The molecule has 0 fully saturated rings. The standard InChI is InChI=1S/C27H25FN2O5/c1-15(2)24(25(31)29-23-12-11-16(28)13-21(23)26(32)33)30-27(34)35-14-22-19-9-5-3-7-17(19)18-8-4-6-10-20(18)22/h3-13,15,22,24H,14H2,1-2H3,(H,29,31)(H,30,34)(H,32,33)/t24-/m1/s1. The summed E-state index contributed by atoms with van der Waals surface area (Å²) in [4.78, 5) is 36.9. The van der Waals surface area contributed by atoms with Crippen LogP contribution < -0.4 is 10.6 Å². The van der Waals surface area contributed by atoms with Gasteiger partial charge in [-0.05, 0) is 46.4 Å². The summed E-state index contributed by atoms with van der Waals surface area (Å²) in [6.45, 7) is 3.56. The number of rotatable bonds is 7. The van der Waals surface area contributed by atoms with Crippen molar-refractivity contribution in [1.29, 1.82) is 0 Å². The molecule has 0 radical (unpaired) electrons. The van der Waals surface area contributed by atoms with Gasteiger partial charge in [0.15, 0.2) is 0 Å². The van der Waals surface area contributed by atoms with Gasteiger partial charge in [-0.2, -0.15) is 0 Å². The number of anilines is 1. The number of aromatic carboxylic acids is 1. The highest BCUT2D eigenvalue weighted by Crippen LogP contribution is 2.44. The zero-order valence-corrected chi connectivity index (χ0v) is 19.2. The third-order valence-electron chi connectivity index (χ3n) is 6.04. The van der Waals surface area contributed by atoms with E-state index in [-0.39, 0.29) is 29.7 Å². The number of carboxylic acids is 1. The van der Waals surface area contributed by atoms with Crippen LogP contribution in [-0.4, -0.2) is 35.7 Å². The molecule has 0 saturated heterocycles. The lowest BCUT2D eigenvalue weighted by atomic mass is 9.98. The smallest absolute Gasteiger partial charge is 0.407 e. The molecule has 8 heteroatoms. The largest absolute Gasteiger partial charge is 0.478 e. The van der Waals surface area contributed by atoms with Gasteiger partial charge in [-0.1, -0.05) is 62.4 Å². The minimum absolute atomic E-state index is 0.0658. The number of alkyl carbamates (subject to hydrolysis) is 1. The maximum atomic E-state index is 13.5. The predicted molar refractivity (Wildman–Crippen MR) is 129 cm³/mol. The van der Waals surface area contributed by atoms with E-state index in [0.717, 1.165) is 34.4 Å². The quantitative estimate of drug-likeness (QED) is 0.444. The number of nitrogens with one attached hydrogen (secondary N) is 2. The van der Waals surface area contributed by atoms with Crippen molar-refractivity contribution in [3.8, 4) is 11.1 Å². The second kappa shape index (κ2) is 9.97. The number of ether oxygens (including phenoxy) is 1. The SMILES string of the molecule is CC(C)[C@@H](NC(=O)OCC1c2ccccc2-c2ccccc21)C(=O)Nc1ccc(F)cc1C(=O)O. The second-order valence-electron chi connectivity index (χ2n) is 8.68. The molecule has 1 aliphatic rings. The van der Waals surface area contributed by atoms with E-state index in [1.54, 1.807) is 13.8 Å². The Bertz CT molecular complexity index is 1240. The molecule has 1 aliphatic carbocycles. The van der Waals surface area contributed by atoms with Crippen LogP contribution in [0.25, 0.3) is 11.1 Å². The summed E-state index contributed by atoms with van der Waals surface area (Å²) < 4.78 is 19.0. The highest BCUT2D eigenvalue weighted by molar-refractivity contribution is 6.03. The maximum absolute atomic E-state index is 13.5. The fourth-order valence-corrected chi connectivity index (χ4v) is 4.31. The van der Waals surface area contributed by atoms with Crippen LogP contribution in [0.4, 0.5) is 14.9 Å². The second-order valence-corrected chi connectivity index (χ2v) is 8.68. The highest BCUT2D eigenvalue weighted by atomic mass is 19.1. The van der Waals surface area contributed by atoms with Crippen molar-refractivity contribution in [2.75, 3.05) is 11.9 Å². The Morgan fingerprint density at radius 3 is 2.14 bits per heavy atom. The Labute approximate surface area is 201 Å². The number of hydrogen-bond donors (Lipinski definition) is 3. The van der Waals surface area contributed by atoms with Crippen molar-refractivity contribution in [2.24, 2.45) is 5.92 Å². The molecule has 35 heavy (non-hydrogen) atoms. The van der Waals surface area contributed by atoms with Gasteiger partial charge in [-0.3, -0.25) is 4.79 Å². The normalized spacial score (nSPS) is 13.0. The number of halogens is 1. The van der Waals surface area contributed by atoms with Crippen LogP contribution in [0.3, 0.4) is 0 Å². The van der Waals surface area contributed by atoms with Gasteiger partial charge in [0, 0.05) is 5.92 Å². The molecule has 3 aromatic carbocycles. The van der Waals surface area contributed by atoms with Crippen molar-refractivity contribution in [3.05, 3.63) is 89.2 Å². The molecule has 3 aromatic rings. The van der Waals surface area contributed by atoms with E-state index in [1.807, 2.05) is 48.5 Å². The third-order valence-corrected chi connectivity index (χ3v) is 6.04. The summed E-state index contributed by atoms with van der Waals surface area (Å²) in [5.41, 5.74) is 3.88. The summed E-state index contributed by atoms with van der Waals surface area (Å²) in [6, 6.07) is 17.9. The van der Waals surface area contributed by atoms with Crippen LogP contribution in [0, 0.1) is 11.7 Å². The Morgan fingerprint density at radius 2 is 1.57 bits per heavy atom. The first-order valence-corrected chi connectivity index (χ1v) is 11.2. The summed E-state index contributed by atoms with van der Waals surface area (Å²) in [7, 11) is 0. The Kier molecular flexibility index (Phi) is 6.82. The van der Waals surface area contributed by atoms with Crippen LogP contribution in [0.5, 0.6) is 0 Å². The van der Waals surface area contributed by atoms with E-state index in [2.05, 4.69) is 10.6 Å². The zero-order valence-electron chi connectivity index (χ0n) is 19.2. The first-order chi connectivity index (χ1) is 16.8. The lowest BCUT2D eigenvalue weighted by Gasteiger charge is -2.22. The predicted octanol–water partition coefficient (Wildman–Crippen LogP) is 5.03. The number of hydrogen-bond acceptors (Lipinski definition) is 4. The maximum Gasteiger partial charge on any atom is 0.407 e. The molecule has 0 spiro atoms. The monoisotopic (exact) mass is 476 g/mol. The number of carbonyl (C=O) groups excluding carboxylic acids is 2. The summed E-state index contributed by atoms with van der Waals surface area (Å²) in [6.07, 6.45) is -0.765. The van der Waals surface area contributed by atoms with Crippen molar-refractivity contribution in [3.63, 3.8) is 0 Å². The van der Waals surface area contributed by atoms with Gasteiger partial charge < -0.3 is 20.5 Å². The van der Waals surface area contributed by atoms with E-state index in [1.165, 1.54) is 6.07 Å². The average Bonchev–Trinajstić information content (AvgIpc) is 3.15. The molecule has 0 heterocycles. The molecule has 0 aliphatic heterocycles. The van der Waals surface area contributed by atoms with Gasteiger partial charge in [0.2, 0.25) is 5.91 Å². The van der Waals surface area contributed by atoms with Gasteiger partial charge in [-0.15, -0.1) is 0 Å². The topological polar surface area (TPSA) is 105 Å². The molecule has 1 atom stereocenters. The van der Waals surface area contributed by atoms with Crippen LogP contribution in [0.15, 0.2) is 66.7 Å². The molecule has 4 rings (SSSR count). The van der Waals surface area contributed by atoms with Gasteiger partial charge >= 0.3 is 12.1 Å². The molecule has 2 amide bonds. The van der Waals surface area contributed by atoms with E-state index < -0.39 is 29.8 Å². The van der Waals surface area contributed by atoms with Crippen molar-refractivity contribution in [2.45, 2.75) is 25.8 Å². The first kappa shape index (κ1) is 23.9. The Balaban J connectivity index is 1.44.